The largest absolute Gasteiger partial charge is 0.466 e. The standard InChI is InChI=1S/C29H49N3O2S/c1-5-34-24(33)28(4)14-8-13-27(3)21(28)12-16-29-17-23(26(2,18-29)15-11-22(27)29)32-25(35)31-20-10-7-6-9-19(20)30/h19-23H,5-18,30H2,1-4H3,(H2,31,32,35)/t19-,20-,21?,22?,23?,26-,27+,28+,29-/m0/s1. The number of hydrogen-bond donors (Lipinski definition) is 3. The molecule has 198 valence electrons. The predicted molar refractivity (Wildman–Crippen MR) is 145 cm³/mol. The minimum Gasteiger partial charge on any atom is -0.466 e. The van der Waals surface area contributed by atoms with Gasteiger partial charge in [0.15, 0.2) is 5.11 Å². The molecule has 5 aliphatic rings. The highest BCUT2D eigenvalue weighted by Gasteiger charge is 2.68. The topological polar surface area (TPSA) is 76.4 Å². The van der Waals surface area contributed by atoms with E-state index in [0.717, 1.165) is 37.2 Å². The van der Waals surface area contributed by atoms with Crippen LogP contribution in [0.1, 0.15) is 111 Å². The summed E-state index contributed by atoms with van der Waals surface area (Å²) in [4.78, 5) is 13.2. The quantitative estimate of drug-likeness (QED) is 0.350. The summed E-state index contributed by atoms with van der Waals surface area (Å²) in [5.74, 6) is 1.18. The molecule has 0 aromatic rings. The molecule has 5 rings (SSSR count). The molecule has 5 aliphatic carbocycles. The second-order valence-corrected chi connectivity index (χ2v) is 14.2. The van der Waals surface area contributed by atoms with Crippen LogP contribution in [0.2, 0.25) is 0 Å². The summed E-state index contributed by atoms with van der Waals surface area (Å²) in [5, 5.41) is 8.22. The molecule has 9 atom stereocenters. The third-order valence-corrected chi connectivity index (χ3v) is 12.1. The van der Waals surface area contributed by atoms with E-state index in [1.165, 1.54) is 51.4 Å². The summed E-state index contributed by atoms with van der Waals surface area (Å²) in [6.07, 6.45) is 15.5. The lowest BCUT2D eigenvalue weighted by molar-refractivity contribution is -0.187. The number of ether oxygens (including phenoxy) is 1. The van der Waals surface area contributed by atoms with E-state index < -0.39 is 0 Å². The molecule has 0 saturated heterocycles. The van der Waals surface area contributed by atoms with Gasteiger partial charge in [-0.15, -0.1) is 0 Å². The number of hydrogen-bond acceptors (Lipinski definition) is 4. The van der Waals surface area contributed by atoms with Gasteiger partial charge in [-0.3, -0.25) is 4.79 Å². The number of carbonyl (C=O) groups excluding carboxylic acids is 1. The van der Waals surface area contributed by atoms with Crippen LogP contribution in [0.4, 0.5) is 0 Å². The second kappa shape index (κ2) is 9.15. The third kappa shape index (κ3) is 4.13. The lowest BCUT2D eigenvalue weighted by Crippen LogP contribution is -2.58. The van der Waals surface area contributed by atoms with Crippen molar-refractivity contribution in [2.24, 2.45) is 39.2 Å². The zero-order valence-electron chi connectivity index (χ0n) is 22.6. The zero-order valence-corrected chi connectivity index (χ0v) is 23.4. The number of fused-ring (bicyclic) bond motifs is 3. The van der Waals surface area contributed by atoms with E-state index in [9.17, 15) is 4.79 Å². The van der Waals surface area contributed by atoms with Crippen molar-refractivity contribution in [3.05, 3.63) is 0 Å². The summed E-state index contributed by atoms with van der Waals surface area (Å²) in [6.45, 7) is 9.68. The van der Waals surface area contributed by atoms with Crippen molar-refractivity contribution in [1.29, 1.82) is 0 Å². The lowest BCUT2D eigenvalue weighted by atomic mass is 9.40. The SMILES string of the molecule is CCOC(=O)[C@]1(C)CCC[C@@]2(C)C3CC[C@@]4(C)C[C@]3(CCC21)CC4NC(=S)N[C@H]1CCCC[C@@H]1N. The average molecular weight is 504 g/mol. The van der Waals surface area contributed by atoms with E-state index in [0.29, 0.717) is 41.4 Å². The number of thiocarbonyl (C=S) groups is 1. The number of carbonyl (C=O) groups is 1. The van der Waals surface area contributed by atoms with E-state index >= 15 is 0 Å². The molecule has 0 heterocycles. The van der Waals surface area contributed by atoms with Gasteiger partial charge in [0.1, 0.15) is 0 Å². The Hall–Kier alpha value is -0.880. The number of rotatable bonds is 4. The predicted octanol–water partition coefficient (Wildman–Crippen LogP) is 5.46. The van der Waals surface area contributed by atoms with Crippen LogP contribution in [-0.4, -0.2) is 35.8 Å². The molecule has 0 radical (unpaired) electrons. The minimum absolute atomic E-state index is 0.0517. The highest BCUT2D eigenvalue weighted by atomic mass is 32.1. The van der Waals surface area contributed by atoms with Crippen LogP contribution in [0.5, 0.6) is 0 Å². The molecule has 1 spiro atoms. The Kier molecular flexibility index (Phi) is 6.73. The molecule has 5 nitrogen and oxygen atoms in total. The van der Waals surface area contributed by atoms with E-state index in [-0.39, 0.29) is 22.8 Å². The third-order valence-electron chi connectivity index (χ3n) is 11.8. The van der Waals surface area contributed by atoms with Crippen molar-refractivity contribution < 1.29 is 9.53 Å². The molecule has 35 heavy (non-hydrogen) atoms. The molecule has 2 bridgehead atoms. The van der Waals surface area contributed by atoms with Gasteiger partial charge in [0.25, 0.3) is 0 Å². The summed E-state index contributed by atoms with van der Waals surface area (Å²) >= 11 is 5.85. The van der Waals surface area contributed by atoms with Crippen LogP contribution in [0, 0.1) is 33.5 Å². The Morgan fingerprint density at radius 2 is 1.71 bits per heavy atom. The van der Waals surface area contributed by atoms with E-state index in [2.05, 4.69) is 31.4 Å². The molecule has 3 unspecified atom stereocenters. The monoisotopic (exact) mass is 503 g/mol. The van der Waals surface area contributed by atoms with Gasteiger partial charge in [-0.05, 0) is 118 Å². The summed E-state index contributed by atoms with van der Waals surface area (Å²) in [5.41, 5.74) is 6.95. The molecule has 6 heteroatoms. The molecular formula is C29H49N3O2S. The van der Waals surface area contributed by atoms with Gasteiger partial charge in [-0.1, -0.05) is 33.1 Å². The molecule has 0 aromatic heterocycles. The molecule has 0 aliphatic heterocycles. The Morgan fingerprint density at radius 1 is 0.971 bits per heavy atom. The maximum absolute atomic E-state index is 13.2. The van der Waals surface area contributed by atoms with Gasteiger partial charge in [-0.2, -0.15) is 0 Å². The van der Waals surface area contributed by atoms with Gasteiger partial charge in [0.2, 0.25) is 0 Å². The van der Waals surface area contributed by atoms with Gasteiger partial charge in [0.05, 0.1) is 12.0 Å². The first-order valence-electron chi connectivity index (χ1n) is 14.6. The average Bonchev–Trinajstić information content (AvgIpc) is 2.99. The van der Waals surface area contributed by atoms with Crippen molar-refractivity contribution in [3.8, 4) is 0 Å². The molecular weight excluding hydrogens is 454 g/mol. The highest BCUT2D eigenvalue weighted by molar-refractivity contribution is 7.80. The number of nitrogens with two attached hydrogens (primary N) is 1. The van der Waals surface area contributed by atoms with E-state index in [1.807, 2.05) is 6.92 Å². The van der Waals surface area contributed by atoms with Crippen LogP contribution in [-0.2, 0) is 9.53 Å². The van der Waals surface area contributed by atoms with Crippen LogP contribution >= 0.6 is 12.2 Å². The van der Waals surface area contributed by atoms with Crippen molar-refractivity contribution in [1.82, 2.24) is 10.6 Å². The van der Waals surface area contributed by atoms with E-state index in [1.54, 1.807) is 0 Å². The van der Waals surface area contributed by atoms with Crippen molar-refractivity contribution in [2.45, 2.75) is 129 Å². The first-order chi connectivity index (χ1) is 16.6. The van der Waals surface area contributed by atoms with Gasteiger partial charge in [0, 0.05) is 18.1 Å². The summed E-state index contributed by atoms with van der Waals surface area (Å²) in [7, 11) is 0. The lowest BCUT2D eigenvalue weighted by Gasteiger charge is -2.64. The van der Waals surface area contributed by atoms with Gasteiger partial charge in [-0.25, -0.2) is 0 Å². The summed E-state index contributed by atoms with van der Waals surface area (Å²) < 4.78 is 5.64. The normalized spacial score (nSPS) is 48.9. The smallest absolute Gasteiger partial charge is 0.312 e. The van der Waals surface area contributed by atoms with Crippen LogP contribution in [0.15, 0.2) is 0 Å². The molecule has 5 saturated carbocycles. The fourth-order valence-corrected chi connectivity index (χ4v) is 10.5. The second-order valence-electron chi connectivity index (χ2n) is 13.8. The van der Waals surface area contributed by atoms with Crippen molar-refractivity contribution >= 4 is 23.3 Å². The Bertz CT molecular complexity index is 852. The molecule has 0 amide bonds. The first kappa shape index (κ1) is 25.8. The molecule has 4 N–H and O–H groups in total. The van der Waals surface area contributed by atoms with Crippen LogP contribution in [0.25, 0.3) is 0 Å². The van der Waals surface area contributed by atoms with Crippen LogP contribution in [0.3, 0.4) is 0 Å². The maximum Gasteiger partial charge on any atom is 0.312 e. The van der Waals surface area contributed by atoms with Crippen molar-refractivity contribution in [3.63, 3.8) is 0 Å². The summed E-state index contributed by atoms with van der Waals surface area (Å²) in [6, 6.07) is 0.938. The highest BCUT2D eigenvalue weighted by Crippen LogP contribution is 2.73. The van der Waals surface area contributed by atoms with E-state index in [4.69, 9.17) is 22.7 Å². The Morgan fingerprint density at radius 3 is 2.46 bits per heavy atom. The van der Waals surface area contributed by atoms with Crippen molar-refractivity contribution in [2.75, 3.05) is 6.61 Å². The van der Waals surface area contributed by atoms with Gasteiger partial charge < -0.3 is 21.1 Å². The first-order valence-corrected chi connectivity index (χ1v) is 15.0. The zero-order chi connectivity index (χ0) is 25.1. The fourth-order valence-electron chi connectivity index (χ4n) is 10.2. The fraction of sp³-hybridized carbons (Fsp3) is 0.931. The molecule has 0 aromatic carbocycles. The number of nitrogens with one attached hydrogen (secondary N) is 2. The van der Waals surface area contributed by atoms with Gasteiger partial charge >= 0.3 is 5.97 Å². The Balaban J connectivity index is 1.33. The Labute approximate surface area is 218 Å². The number of esters is 1. The van der Waals surface area contributed by atoms with Crippen LogP contribution < -0.4 is 16.4 Å². The minimum atomic E-state index is -0.328. The molecule has 5 fully saturated rings. The maximum atomic E-state index is 13.2.